The summed E-state index contributed by atoms with van der Waals surface area (Å²) in [4.78, 5) is 11.9. The van der Waals surface area contributed by atoms with Gasteiger partial charge in [-0.25, -0.2) is 0 Å². The molecule has 0 saturated heterocycles. The van der Waals surface area contributed by atoms with Gasteiger partial charge in [0.05, 0.1) is 11.8 Å². The van der Waals surface area contributed by atoms with E-state index < -0.39 is 0 Å². The van der Waals surface area contributed by atoms with Crippen molar-refractivity contribution in [2.45, 2.75) is 13.8 Å². The van der Waals surface area contributed by atoms with Crippen molar-refractivity contribution in [1.82, 2.24) is 0 Å². The average Bonchev–Trinajstić information content (AvgIpc) is 2.70. The number of furan rings is 1. The number of carbonyl (C=O) groups excluding carboxylic acids is 1. The van der Waals surface area contributed by atoms with Crippen molar-refractivity contribution in [3.63, 3.8) is 0 Å². The molecule has 0 radical (unpaired) electrons. The molecule has 1 aromatic carbocycles. The minimum absolute atomic E-state index is 0.186. The Hall–Kier alpha value is -1.55. The molecule has 0 aliphatic rings. The highest BCUT2D eigenvalue weighted by atomic mass is 79.9. The first-order valence-corrected chi connectivity index (χ1v) is 5.99. The van der Waals surface area contributed by atoms with Crippen molar-refractivity contribution in [2.24, 2.45) is 0 Å². The van der Waals surface area contributed by atoms with E-state index in [9.17, 15) is 4.79 Å². The molecule has 2 aromatic rings. The second-order valence-electron chi connectivity index (χ2n) is 3.86. The van der Waals surface area contributed by atoms with Gasteiger partial charge in [-0.15, -0.1) is 0 Å². The highest BCUT2D eigenvalue weighted by Gasteiger charge is 2.12. The summed E-state index contributed by atoms with van der Waals surface area (Å²) in [5.41, 5.74) is 3.62. The van der Waals surface area contributed by atoms with Crippen LogP contribution in [0.25, 0.3) is 0 Å². The van der Waals surface area contributed by atoms with E-state index in [1.54, 1.807) is 6.07 Å². The van der Waals surface area contributed by atoms with Gasteiger partial charge in [0.15, 0.2) is 4.67 Å². The Morgan fingerprint density at radius 2 is 2.00 bits per heavy atom. The summed E-state index contributed by atoms with van der Waals surface area (Å²) >= 11 is 3.18. The average molecular weight is 294 g/mol. The lowest BCUT2D eigenvalue weighted by atomic mass is 10.1. The monoisotopic (exact) mass is 293 g/mol. The Morgan fingerprint density at radius 1 is 1.24 bits per heavy atom. The summed E-state index contributed by atoms with van der Waals surface area (Å²) < 4.78 is 5.47. The fourth-order valence-corrected chi connectivity index (χ4v) is 1.89. The van der Waals surface area contributed by atoms with Crippen LogP contribution in [-0.4, -0.2) is 5.91 Å². The zero-order valence-corrected chi connectivity index (χ0v) is 11.2. The second kappa shape index (κ2) is 4.75. The standard InChI is InChI=1S/C13H12BrNO2/c1-8-3-4-10(7-9(8)2)15-13(16)11-5-6-17-12(11)14/h3-7H,1-2H3,(H,15,16). The number of rotatable bonds is 2. The minimum Gasteiger partial charge on any atom is -0.457 e. The maximum atomic E-state index is 11.9. The van der Waals surface area contributed by atoms with E-state index in [1.807, 2.05) is 32.0 Å². The zero-order chi connectivity index (χ0) is 12.4. The number of anilines is 1. The summed E-state index contributed by atoms with van der Waals surface area (Å²) in [5, 5.41) is 2.82. The van der Waals surface area contributed by atoms with E-state index in [2.05, 4.69) is 21.2 Å². The number of hydrogen-bond acceptors (Lipinski definition) is 2. The van der Waals surface area contributed by atoms with Gasteiger partial charge >= 0.3 is 0 Å². The molecule has 0 fully saturated rings. The van der Waals surface area contributed by atoms with Crippen molar-refractivity contribution in [1.29, 1.82) is 0 Å². The van der Waals surface area contributed by atoms with Crippen LogP contribution in [0.5, 0.6) is 0 Å². The predicted octanol–water partition coefficient (Wildman–Crippen LogP) is 3.91. The van der Waals surface area contributed by atoms with Crippen molar-refractivity contribution in [2.75, 3.05) is 5.32 Å². The molecular weight excluding hydrogens is 282 g/mol. The van der Waals surface area contributed by atoms with E-state index in [0.717, 1.165) is 11.3 Å². The normalized spacial score (nSPS) is 10.3. The van der Waals surface area contributed by atoms with Gasteiger partial charge in [0.2, 0.25) is 0 Å². The molecule has 1 amide bonds. The predicted molar refractivity (Wildman–Crippen MR) is 70.3 cm³/mol. The van der Waals surface area contributed by atoms with E-state index in [0.29, 0.717) is 10.2 Å². The largest absolute Gasteiger partial charge is 0.457 e. The lowest BCUT2D eigenvalue weighted by molar-refractivity contribution is 0.102. The summed E-state index contributed by atoms with van der Waals surface area (Å²) in [7, 11) is 0. The lowest BCUT2D eigenvalue weighted by Crippen LogP contribution is -2.11. The van der Waals surface area contributed by atoms with Crippen LogP contribution in [0.2, 0.25) is 0 Å². The maximum Gasteiger partial charge on any atom is 0.260 e. The molecule has 88 valence electrons. The summed E-state index contributed by atoms with van der Waals surface area (Å²) in [6, 6.07) is 7.44. The number of aryl methyl sites for hydroxylation is 2. The molecule has 0 bridgehead atoms. The molecule has 0 spiro atoms. The molecule has 3 nitrogen and oxygen atoms in total. The summed E-state index contributed by atoms with van der Waals surface area (Å²) in [6.07, 6.45) is 1.47. The molecule has 0 aliphatic carbocycles. The molecule has 0 saturated carbocycles. The smallest absolute Gasteiger partial charge is 0.260 e. The van der Waals surface area contributed by atoms with E-state index >= 15 is 0 Å². The molecule has 0 unspecified atom stereocenters. The zero-order valence-electron chi connectivity index (χ0n) is 9.58. The van der Waals surface area contributed by atoms with Crippen LogP contribution in [0.15, 0.2) is 39.6 Å². The van der Waals surface area contributed by atoms with Crippen LogP contribution in [0.1, 0.15) is 21.5 Å². The SMILES string of the molecule is Cc1ccc(NC(=O)c2ccoc2Br)cc1C. The van der Waals surface area contributed by atoms with Crippen molar-refractivity contribution in [3.8, 4) is 0 Å². The third-order valence-electron chi connectivity index (χ3n) is 2.63. The van der Waals surface area contributed by atoms with Crippen molar-refractivity contribution < 1.29 is 9.21 Å². The molecule has 1 heterocycles. The fraction of sp³-hybridized carbons (Fsp3) is 0.154. The third kappa shape index (κ3) is 2.58. The molecule has 1 aromatic heterocycles. The van der Waals surface area contributed by atoms with E-state index in [-0.39, 0.29) is 5.91 Å². The first kappa shape index (κ1) is 11.9. The number of hydrogen-bond donors (Lipinski definition) is 1. The lowest BCUT2D eigenvalue weighted by Gasteiger charge is -2.06. The maximum absolute atomic E-state index is 11.9. The van der Waals surface area contributed by atoms with Crippen molar-refractivity contribution in [3.05, 3.63) is 51.9 Å². The number of nitrogens with one attached hydrogen (secondary N) is 1. The molecular formula is C13H12BrNO2. The van der Waals surface area contributed by atoms with Gasteiger partial charge < -0.3 is 9.73 Å². The van der Waals surface area contributed by atoms with Gasteiger partial charge in [-0.3, -0.25) is 4.79 Å². The topological polar surface area (TPSA) is 42.2 Å². The highest BCUT2D eigenvalue weighted by molar-refractivity contribution is 9.10. The Labute approximate surface area is 108 Å². The van der Waals surface area contributed by atoms with Crippen LogP contribution < -0.4 is 5.32 Å². The number of amides is 1. The van der Waals surface area contributed by atoms with Gasteiger partial charge in [-0.05, 0) is 59.1 Å². The van der Waals surface area contributed by atoms with Crippen LogP contribution in [-0.2, 0) is 0 Å². The Balaban J connectivity index is 2.19. The minimum atomic E-state index is -0.186. The van der Waals surface area contributed by atoms with Crippen LogP contribution in [0.3, 0.4) is 0 Å². The molecule has 1 N–H and O–H groups in total. The number of halogens is 1. The van der Waals surface area contributed by atoms with Crippen LogP contribution >= 0.6 is 15.9 Å². The molecule has 0 aliphatic heterocycles. The Bertz CT molecular complexity index is 560. The quantitative estimate of drug-likeness (QED) is 0.912. The summed E-state index contributed by atoms with van der Waals surface area (Å²) in [5.74, 6) is -0.186. The van der Waals surface area contributed by atoms with E-state index in [1.165, 1.54) is 11.8 Å². The van der Waals surface area contributed by atoms with Crippen LogP contribution in [0, 0.1) is 13.8 Å². The molecule has 4 heteroatoms. The third-order valence-corrected chi connectivity index (χ3v) is 3.24. The second-order valence-corrected chi connectivity index (χ2v) is 4.58. The number of benzene rings is 1. The summed E-state index contributed by atoms with van der Waals surface area (Å²) in [6.45, 7) is 4.05. The van der Waals surface area contributed by atoms with Crippen molar-refractivity contribution >= 4 is 27.5 Å². The molecule has 17 heavy (non-hydrogen) atoms. The molecule has 2 rings (SSSR count). The fourth-order valence-electron chi connectivity index (χ4n) is 1.47. The highest BCUT2D eigenvalue weighted by Crippen LogP contribution is 2.20. The van der Waals surface area contributed by atoms with Gasteiger partial charge in [0, 0.05) is 5.69 Å². The molecule has 0 atom stereocenters. The van der Waals surface area contributed by atoms with E-state index in [4.69, 9.17) is 4.42 Å². The Morgan fingerprint density at radius 3 is 2.59 bits per heavy atom. The van der Waals surface area contributed by atoms with Crippen LogP contribution in [0.4, 0.5) is 5.69 Å². The number of carbonyl (C=O) groups is 1. The first-order chi connectivity index (χ1) is 8.08. The van der Waals surface area contributed by atoms with Gasteiger partial charge in [0.25, 0.3) is 5.91 Å². The first-order valence-electron chi connectivity index (χ1n) is 5.19. The van der Waals surface area contributed by atoms with Gasteiger partial charge in [-0.2, -0.15) is 0 Å². The Kier molecular flexibility index (Phi) is 3.33. The van der Waals surface area contributed by atoms with Gasteiger partial charge in [0.1, 0.15) is 0 Å². The van der Waals surface area contributed by atoms with Gasteiger partial charge in [-0.1, -0.05) is 6.07 Å².